The Bertz CT molecular complexity index is 348. The van der Waals surface area contributed by atoms with Crippen LogP contribution < -0.4 is 5.32 Å². The van der Waals surface area contributed by atoms with Gasteiger partial charge in [0, 0.05) is 12.6 Å². The smallest absolute Gasteiger partial charge is 0.0991 e. The molecule has 2 nitrogen and oxygen atoms in total. The van der Waals surface area contributed by atoms with Gasteiger partial charge < -0.3 is 5.32 Å². The Morgan fingerprint density at radius 1 is 1.25 bits per heavy atom. The van der Waals surface area contributed by atoms with Crippen molar-refractivity contribution in [1.29, 1.82) is 5.26 Å². The fourth-order valence-corrected chi connectivity index (χ4v) is 1.53. The van der Waals surface area contributed by atoms with Gasteiger partial charge >= 0.3 is 0 Å². The summed E-state index contributed by atoms with van der Waals surface area (Å²) >= 11 is 0. The third kappa shape index (κ3) is 3.67. The number of hydrogen-bond donors (Lipinski definition) is 1. The first kappa shape index (κ1) is 12.7. The predicted molar refractivity (Wildman–Crippen MR) is 67.3 cm³/mol. The van der Waals surface area contributed by atoms with Gasteiger partial charge in [0.15, 0.2) is 0 Å². The Labute approximate surface area is 98.3 Å². The maximum Gasteiger partial charge on any atom is 0.0991 e. The quantitative estimate of drug-likeness (QED) is 0.821. The molecule has 0 heterocycles. The number of nitriles is 1. The van der Waals surface area contributed by atoms with Gasteiger partial charge in [-0.1, -0.05) is 26.0 Å². The van der Waals surface area contributed by atoms with E-state index in [4.69, 9.17) is 5.26 Å². The fraction of sp³-hybridized carbons (Fsp3) is 0.500. The van der Waals surface area contributed by atoms with E-state index >= 15 is 0 Å². The van der Waals surface area contributed by atoms with Crippen LogP contribution in [0, 0.1) is 11.3 Å². The van der Waals surface area contributed by atoms with Crippen molar-refractivity contribution in [3.63, 3.8) is 0 Å². The van der Waals surface area contributed by atoms with E-state index in [1.54, 1.807) is 0 Å². The number of nitrogens with one attached hydrogen (secondary N) is 1. The standard InChI is InChI=1S/C14H20N2/c1-4-12(3)16-10-11(2)14-7-5-13(9-15)6-8-14/h5-8,11-12,16H,4,10H2,1-3H3. The van der Waals surface area contributed by atoms with Crippen molar-refractivity contribution >= 4 is 0 Å². The number of rotatable bonds is 5. The molecule has 1 aromatic rings. The zero-order valence-electron chi connectivity index (χ0n) is 10.3. The summed E-state index contributed by atoms with van der Waals surface area (Å²) in [4.78, 5) is 0. The normalized spacial score (nSPS) is 14.1. The van der Waals surface area contributed by atoms with Crippen LogP contribution in [0.4, 0.5) is 0 Å². The van der Waals surface area contributed by atoms with Gasteiger partial charge in [-0.25, -0.2) is 0 Å². The SMILES string of the molecule is CCC(C)NCC(C)c1ccc(C#N)cc1. The second kappa shape index (κ2) is 6.30. The molecule has 0 fully saturated rings. The largest absolute Gasteiger partial charge is 0.314 e. The van der Waals surface area contributed by atoms with E-state index in [0.29, 0.717) is 12.0 Å². The summed E-state index contributed by atoms with van der Waals surface area (Å²) < 4.78 is 0. The maximum absolute atomic E-state index is 8.71. The molecule has 16 heavy (non-hydrogen) atoms. The first-order valence-electron chi connectivity index (χ1n) is 5.90. The number of nitrogens with zero attached hydrogens (tertiary/aromatic N) is 1. The maximum atomic E-state index is 8.71. The third-order valence-corrected chi connectivity index (χ3v) is 2.99. The number of hydrogen-bond acceptors (Lipinski definition) is 2. The Hall–Kier alpha value is -1.33. The Balaban J connectivity index is 2.53. The monoisotopic (exact) mass is 216 g/mol. The van der Waals surface area contributed by atoms with Crippen molar-refractivity contribution in [2.24, 2.45) is 0 Å². The van der Waals surface area contributed by atoms with E-state index in [9.17, 15) is 0 Å². The molecule has 0 saturated carbocycles. The third-order valence-electron chi connectivity index (χ3n) is 2.99. The van der Waals surface area contributed by atoms with Gasteiger partial charge in [-0.2, -0.15) is 5.26 Å². The number of benzene rings is 1. The van der Waals surface area contributed by atoms with Crippen LogP contribution >= 0.6 is 0 Å². The molecule has 1 aromatic carbocycles. The van der Waals surface area contributed by atoms with Gasteiger partial charge in [-0.05, 0) is 37.0 Å². The summed E-state index contributed by atoms with van der Waals surface area (Å²) in [5.74, 6) is 0.488. The molecule has 2 unspecified atom stereocenters. The van der Waals surface area contributed by atoms with E-state index < -0.39 is 0 Å². The minimum absolute atomic E-state index is 0.488. The lowest BCUT2D eigenvalue weighted by Gasteiger charge is -2.16. The molecular weight excluding hydrogens is 196 g/mol. The average Bonchev–Trinajstić information content (AvgIpc) is 2.35. The Kier molecular flexibility index (Phi) is 5.01. The molecule has 0 saturated heterocycles. The topological polar surface area (TPSA) is 35.8 Å². The summed E-state index contributed by atoms with van der Waals surface area (Å²) in [6.45, 7) is 7.58. The van der Waals surface area contributed by atoms with Crippen molar-refractivity contribution < 1.29 is 0 Å². The van der Waals surface area contributed by atoms with Crippen molar-refractivity contribution in [2.75, 3.05) is 6.54 Å². The van der Waals surface area contributed by atoms with Crippen LogP contribution in [0.1, 0.15) is 44.2 Å². The first-order chi connectivity index (χ1) is 7.67. The van der Waals surface area contributed by atoms with E-state index in [2.05, 4.69) is 32.2 Å². The minimum atomic E-state index is 0.488. The zero-order chi connectivity index (χ0) is 12.0. The van der Waals surface area contributed by atoms with Gasteiger partial charge in [0.25, 0.3) is 0 Å². The highest BCUT2D eigenvalue weighted by Gasteiger charge is 2.06. The molecule has 0 bridgehead atoms. The van der Waals surface area contributed by atoms with Crippen LogP contribution in [0.25, 0.3) is 0 Å². The van der Waals surface area contributed by atoms with Gasteiger partial charge in [0.05, 0.1) is 11.6 Å². The molecule has 0 spiro atoms. The lowest BCUT2D eigenvalue weighted by Crippen LogP contribution is -2.28. The summed E-state index contributed by atoms with van der Waals surface area (Å²) in [7, 11) is 0. The summed E-state index contributed by atoms with van der Waals surface area (Å²) in [6.07, 6.45) is 1.15. The zero-order valence-corrected chi connectivity index (χ0v) is 10.3. The summed E-state index contributed by atoms with van der Waals surface area (Å²) in [6, 6.07) is 10.6. The van der Waals surface area contributed by atoms with Gasteiger partial charge in [0.1, 0.15) is 0 Å². The second-order valence-corrected chi connectivity index (χ2v) is 4.35. The van der Waals surface area contributed by atoms with E-state index in [0.717, 1.165) is 18.5 Å². The second-order valence-electron chi connectivity index (χ2n) is 4.35. The van der Waals surface area contributed by atoms with Crippen LogP contribution in [0.2, 0.25) is 0 Å². The lowest BCUT2D eigenvalue weighted by atomic mass is 9.99. The molecule has 0 aromatic heterocycles. The molecule has 1 N–H and O–H groups in total. The molecular formula is C14H20N2. The van der Waals surface area contributed by atoms with E-state index in [1.807, 2.05) is 24.3 Å². The van der Waals surface area contributed by atoms with Crippen molar-refractivity contribution in [3.8, 4) is 6.07 Å². The highest BCUT2D eigenvalue weighted by Crippen LogP contribution is 2.15. The van der Waals surface area contributed by atoms with Gasteiger partial charge in [0.2, 0.25) is 0 Å². The van der Waals surface area contributed by atoms with Crippen molar-refractivity contribution in [3.05, 3.63) is 35.4 Å². The molecule has 0 aliphatic rings. The molecule has 0 amide bonds. The molecule has 2 heteroatoms. The molecule has 0 radical (unpaired) electrons. The average molecular weight is 216 g/mol. The molecule has 2 atom stereocenters. The van der Waals surface area contributed by atoms with Crippen LogP contribution in [-0.2, 0) is 0 Å². The molecule has 0 aliphatic carbocycles. The Morgan fingerprint density at radius 3 is 2.38 bits per heavy atom. The summed E-state index contributed by atoms with van der Waals surface area (Å²) in [5, 5.41) is 12.2. The predicted octanol–water partition coefficient (Wildman–Crippen LogP) is 3.05. The van der Waals surface area contributed by atoms with Crippen molar-refractivity contribution in [1.82, 2.24) is 5.32 Å². The molecule has 0 aliphatic heterocycles. The highest BCUT2D eigenvalue weighted by molar-refractivity contribution is 5.32. The van der Waals surface area contributed by atoms with E-state index in [1.165, 1.54) is 5.56 Å². The van der Waals surface area contributed by atoms with Crippen LogP contribution in [0.3, 0.4) is 0 Å². The Morgan fingerprint density at radius 2 is 1.88 bits per heavy atom. The van der Waals surface area contributed by atoms with Crippen LogP contribution in [0.15, 0.2) is 24.3 Å². The van der Waals surface area contributed by atoms with E-state index in [-0.39, 0.29) is 0 Å². The molecule has 86 valence electrons. The van der Waals surface area contributed by atoms with Crippen LogP contribution in [0.5, 0.6) is 0 Å². The fourth-order valence-electron chi connectivity index (χ4n) is 1.53. The van der Waals surface area contributed by atoms with Crippen molar-refractivity contribution in [2.45, 2.75) is 39.2 Å². The minimum Gasteiger partial charge on any atom is -0.314 e. The van der Waals surface area contributed by atoms with Gasteiger partial charge in [-0.15, -0.1) is 0 Å². The highest BCUT2D eigenvalue weighted by atomic mass is 14.9. The molecule has 1 rings (SSSR count). The first-order valence-corrected chi connectivity index (χ1v) is 5.90. The van der Waals surface area contributed by atoms with Crippen LogP contribution in [-0.4, -0.2) is 12.6 Å². The van der Waals surface area contributed by atoms with Gasteiger partial charge in [-0.3, -0.25) is 0 Å². The summed E-state index contributed by atoms with van der Waals surface area (Å²) in [5.41, 5.74) is 2.01. The lowest BCUT2D eigenvalue weighted by molar-refractivity contribution is 0.508.